The van der Waals surface area contributed by atoms with Gasteiger partial charge in [-0.2, -0.15) is 0 Å². The Hall–Kier alpha value is -0.570. The molecule has 2 aliphatic rings. The molecule has 0 bridgehead atoms. The minimum Gasteiger partial charge on any atom is -0.391 e. The van der Waals surface area contributed by atoms with Crippen LogP contribution in [0.3, 0.4) is 0 Å². The lowest BCUT2D eigenvalue weighted by molar-refractivity contribution is -0.136. The molecule has 2 rings (SSSR count). The third-order valence-corrected chi connectivity index (χ3v) is 4.93. The highest BCUT2D eigenvalue weighted by Gasteiger charge is 2.42. The van der Waals surface area contributed by atoms with E-state index in [9.17, 15) is 9.90 Å². The van der Waals surface area contributed by atoms with E-state index in [1.54, 1.807) is 0 Å². The summed E-state index contributed by atoms with van der Waals surface area (Å²) in [6, 6.07) is 0. The Morgan fingerprint density at radius 3 is 2.44 bits per heavy atom. The third kappa shape index (κ3) is 2.87. The molecule has 1 heterocycles. The van der Waals surface area contributed by atoms with Crippen molar-refractivity contribution in [1.29, 1.82) is 0 Å². The van der Waals surface area contributed by atoms with Gasteiger partial charge in [0.15, 0.2) is 0 Å². The van der Waals surface area contributed by atoms with Crippen LogP contribution in [-0.4, -0.2) is 34.1 Å². The van der Waals surface area contributed by atoms with Crippen molar-refractivity contribution < 1.29 is 9.90 Å². The number of hydrogen-bond donors (Lipinski definition) is 1. The predicted molar refractivity (Wildman–Crippen MR) is 72.2 cm³/mol. The van der Waals surface area contributed by atoms with Gasteiger partial charge in [0.25, 0.3) is 0 Å². The fourth-order valence-corrected chi connectivity index (χ4v) is 3.46. The smallest absolute Gasteiger partial charge is 0.223 e. The molecule has 1 saturated carbocycles. The molecule has 1 unspecified atom stereocenters. The Labute approximate surface area is 111 Å². The van der Waals surface area contributed by atoms with Crippen molar-refractivity contribution in [1.82, 2.24) is 4.90 Å². The highest BCUT2D eigenvalue weighted by molar-refractivity contribution is 5.77. The normalized spacial score (nSPS) is 28.6. The second-order valence-electron chi connectivity index (χ2n) is 6.55. The van der Waals surface area contributed by atoms with Gasteiger partial charge in [-0.1, -0.05) is 32.1 Å². The summed E-state index contributed by atoms with van der Waals surface area (Å²) in [5.41, 5.74) is -0.371. The van der Waals surface area contributed by atoms with Crippen LogP contribution >= 0.6 is 0 Å². The van der Waals surface area contributed by atoms with Crippen LogP contribution in [0.15, 0.2) is 0 Å². The molecule has 104 valence electrons. The minimum atomic E-state index is -0.371. The molecule has 0 aromatic heterocycles. The number of amides is 1. The lowest BCUT2D eigenvalue weighted by atomic mass is 9.86. The largest absolute Gasteiger partial charge is 0.391 e. The van der Waals surface area contributed by atoms with Crippen molar-refractivity contribution in [3.05, 3.63) is 0 Å². The lowest BCUT2D eigenvalue weighted by Gasteiger charge is -2.34. The van der Waals surface area contributed by atoms with E-state index >= 15 is 0 Å². The molecule has 0 aromatic carbocycles. The molecule has 1 saturated heterocycles. The van der Waals surface area contributed by atoms with E-state index in [1.165, 1.54) is 32.1 Å². The van der Waals surface area contributed by atoms with Crippen LogP contribution in [0, 0.1) is 5.92 Å². The van der Waals surface area contributed by atoms with Gasteiger partial charge in [0, 0.05) is 13.0 Å². The summed E-state index contributed by atoms with van der Waals surface area (Å²) in [6.45, 7) is 4.67. The number of aliphatic hydroxyl groups is 1. The summed E-state index contributed by atoms with van der Waals surface area (Å²) in [5, 5.41) is 9.90. The molecule has 1 aliphatic heterocycles. The van der Waals surface area contributed by atoms with Gasteiger partial charge in [-0.05, 0) is 32.6 Å². The minimum absolute atomic E-state index is 0.238. The maximum atomic E-state index is 12.3. The van der Waals surface area contributed by atoms with Gasteiger partial charge in [0.05, 0.1) is 11.6 Å². The topological polar surface area (TPSA) is 40.5 Å². The van der Waals surface area contributed by atoms with Crippen molar-refractivity contribution in [3.63, 3.8) is 0 Å². The van der Waals surface area contributed by atoms with E-state index in [2.05, 4.69) is 0 Å². The Bertz CT molecular complexity index is 295. The van der Waals surface area contributed by atoms with Gasteiger partial charge in [-0.25, -0.2) is 0 Å². The highest BCUT2D eigenvalue weighted by Crippen LogP contribution is 2.31. The fraction of sp³-hybridized carbons (Fsp3) is 0.933. The van der Waals surface area contributed by atoms with Crippen molar-refractivity contribution >= 4 is 5.91 Å². The summed E-state index contributed by atoms with van der Waals surface area (Å²) < 4.78 is 0. The predicted octanol–water partition coefficient (Wildman–Crippen LogP) is 2.72. The van der Waals surface area contributed by atoms with Crippen LogP contribution in [-0.2, 0) is 4.79 Å². The SMILES string of the molecule is CC1(C)C(O)CCN1C(=O)CCC1CCCCC1. The van der Waals surface area contributed by atoms with Crippen LogP contribution in [0.25, 0.3) is 0 Å². The molecule has 1 amide bonds. The molecule has 2 fully saturated rings. The Morgan fingerprint density at radius 2 is 1.89 bits per heavy atom. The summed E-state index contributed by atoms with van der Waals surface area (Å²) >= 11 is 0. The summed E-state index contributed by atoms with van der Waals surface area (Å²) in [6.07, 6.45) is 8.73. The van der Waals surface area contributed by atoms with Crippen LogP contribution in [0.5, 0.6) is 0 Å². The molecule has 3 nitrogen and oxygen atoms in total. The molecule has 1 N–H and O–H groups in total. The average Bonchev–Trinajstić information content (AvgIpc) is 2.63. The van der Waals surface area contributed by atoms with Gasteiger partial charge in [0.1, 0.15) is 0 Å². The number of likely N-dealkylation sites (tertiary alicyclic amines) is 1. The van der Waals surface area contributed by atoms with Gasteiger partial charge >= 0.3 is 0 Å². The summed E-state index contributed by atoms with van der Waals surface area (Å²) in [4.78, 5) is 14.2. The average molecular weight is 253 g/mol. The fourth-order valence-electron chi connectivity index (χ4n) is 3.46. The van der Waals surface area contributed by atoms with E-state index < -0.39 is 0 Å². The standard InChI is InChI=1S/C15H27NO2/c1-15(2)13(17)10-11-16(15)14(18)9-8-12-6-4-3-5-7-12/h12-13,17H,3-11H2,1-2H3. The lowest BCUT2D eigenvalue weighted by Crippen LogP contribution is -2.48. The first-order valence-electron chi connectivity index (χ1n) is 7.50. The number of aliphatic hydroxyl groups excluding tert-OH is 1. The first kappa shape index (κ1) is 13.9. The highest BCUT2D eigenvalue weighted by atomic mass is 16.3. The van der Waals surface area contributed by atoms with Crippen LogP contribution < -0.4 is 0 Å². The van der Waals surface area contributed by atoms with Gasteiger partial charge in [-0.3, -0.25) is 4.79 Å². The Kier molecular flexibility index (Phi) is 4.31. The molecule has 0 aromatic rings. The van der Waals surface area contributed by atoms with Crippen LogP contribution in [0.2, 0.25) is 0 Å². The summed E-state index contributed by atoms with van der Waals surface area (Å²) in [7, 11) is 0. The number of carbonyl (C=O) groups is 1. The molecule has 1 aliphatic carbocycles. The number of rotatable bonds is 3. The number of hydrogen-bond acceptors (Lipinski definition) is 2. The first-order valence-corrected chi connectivity index (χ1v) is 7.50. The van der Waals surface area contributed by atoms with E-state index in [-0.39, 0.29) is 17.6 Å². The maximum absolute atomic E-state index is 12.3. The maximum Gasteiger partial charge on any atom is 0.223 e. The van der Waals surface area contributed by atoms with E-state index in [0.717, 1.165) is 25.3 Å². The van der Waals surface area contributed by atoms with Gasteiger partial charge in [0.2, 0.25) is 5.91 Å². The third-order valence-electron chi connectivity index (χ3n) is 4.93. The van der Waals surface area contributed by atoms with Crippen molar-refractivity contribution in [2.45, 2.75) is 76.9 Å². The molecular weight excluding hydrogens is 226 g/mol. The number of carbonyl (C=O) groups excluding carboxylic acids is 1. The molecule has 1 atom stereocenters. The van der Waals surface area contributed by atoms with E-state index in [1.807, 2.05) is 18.7 Å². The van der Waals surface area contributed by atoms with Crippen LogP contribution in [0.4, 0.5) is 0 Å². The first-order chi connectivity index (χ1) is 8.51. The Balaban J connectivity index is 1.81. The monoisotopic (exact) mass is 253 g/mol. The second kappa shape index (κ2) is 5.60. The molecule has 18 heavy (non-hydrogen) atoms. The van der Waals surface area contributed by atoms with E-state index in [0.29, 0.717) is 6.42 Å². The summed E-state index contributed by atoms with van der Waals surface area (Å²) in [5.74, 6) is 1.00. The molecule has 0 spiro atoms. The molecule has 3 heteroatoms. The van der Waals surface area contributed by atoms with Crippen LogP contribution in [0.1, 0.15) is 65.2 Å². The Morgan fingerprint density at radius 1 is 1.22 bits per heavy atom. The zero-order valence-electron chi connectivity index (χ0n) is 11.8. The van der Waals surface area contributed by atoms with E-state index in [4.69, 9.17) is 0 Å². The van der Waals surface area contributed by atoms with Crippen molar-refractivity contribution in [2.75, 3.05) is 6.54 Å². The van der Waals surface area contributed by atoms with Crippen molar-refractivity contribution in [3.8, 4) is 0 Å². The second-order valence-corrected chi connectivity index (χ2v) is 6.55. The van der Waals surface area contributed by atoms with Gasteiger partial charge < -0.3 is 10.0 Å². The zero-order chi connectivity index (χ0) is 13.2. The molecular formula is C15H27NO2. The molecule has 0 radical (unpaired) electrons. The zero-order valence-corrected chi connectivity index (χ0v) is 11.8. The van der Waals surface area contributed by atoms with Gasteiger partial charge in [-0.15, -0.1) is 0 Å². The van der Waals surface area contributed by atoms with Crippen molar-refractivity contribution in [2.24, 2.45) is 5.92 Å². The number of nitrogens with zero attached hydrogens (tertiary/aromatic N) is 1. The quantitative estimate of drug-likeness (QED) is 0.840.